The Morgan fingerprint density at radius 3 is 2.60 bits per heavy atom. The number of hydrogen-bond donors (Lipinski definition) is 1. The summed E-state index contributed by atoms with van der Waals surface area (Å²) in [5.74, 6) is -0.704. The maximum Gasteiger partial charge on any atom is 0.238 e. The van der Waals surface area contributed by atoms with Gasteiger partial charge in [-0.3, -0.25) is 9.69 Å². The van der Waals surface area contributed by atoms with E-state index in [1.165, 1.54) is 16.8 Å². The Hall–Kier alpha value is -2.24. The highest BCUT2D eigenvalue weighted by molar-refractivity contribution is 9.10. The Morgan fingerprint density at radius 2 is 1.84 bits per heavy atom. The summed E-state index contributed by atoms with van der Waals surface area (Å²) >= 11 is 3.20. The Bertz CT molecular complexity index is 913. The molecule has 3 nitrogen and oxygen atoms in total. The number of rotatable bonds is 5. The Balaban J connectivity index is 1.60. The van der Waals surface area contributed by atoms with Crippen molar-refractivity contribution in [1.29, 1.82) is 0 Å². The van der Waals surface area contributed by atoms with E-state index in [1.807, 2.05) is 24.1 Å². The van der Waals surface area contributed by atoms with Crippen molar-refractivity contribution >= 4 is 38.3 Å². The predicted octanol–water partition coefficient (Wildman–Crippen LogP) is 4.81. The van der Waals surface area contributed by atoms with E-state index >= 15 is 0 Å². The molecular weight excluding hydrogens is 383 g/mol. The van der Waals surface area contributed by atoms with Crippen LogP contribution in [0.3, 0.4) is 0 Å². The van der Waals surface area contributed by atoms with Gasteiger partial charge in [0.05, 0.1) is 12.2 Å². The van der Waals surface area contributed by atoms with Gasteiger partial charge in [0.1, 0.15) is 5.82 Å². The molecule has 0 unspecified atom stereocenters. The second-order valence-corrected chi connectivity index (χ2v) is 6.94. The van der Waals surface area contributed by atoms with E-state index in [1.54, 1.807) is 12.1 Å². The first-order valence-corrected chi connectivity index (χ1v) is 8.72. The summed E-state index contributed by atoms with van der Waals surface area (Å²) in [6.45, 7) is 0.823. The summed E-state index contributed by atoms with van der Waals surface area (Å²) in [5, 5.41) is 4.98. The quantitative estimate of drug-likeness (QED) is 0.666. The van der Waals surface area contributed by atoms with Crippen molar-refractivity contribution < 1.29 is 9.18 Å². The van der Waals surface area contributed by atoms with Crippen LogP contribution in [0.5, 0.6) is 0 Å². The maximum absolute atomic E-state index is 13.8. The van der Waals surface area contributed by atoms with E-state index in [0.717, 1.165) is 5.56 Å². The molecule has 0 saturated heterocycles. The molecule has 128 valence electrons. The first-order chi connectivity index (χ1) is 12.0. The van der Waals surface area contributed by atoms with Gasteiger partial charge in [-0.1, -0.05) is 52.3 Å². The summed E-state index contributed by atoms with van der Waals surface area (Å²) in [6.07, 6.45) is 0. The number of hydrogen-bond acceptors (Lipinski definition) is 2. The van der Waals surface area contributed by atoms with Crippen LogP contribution in [0, 0.1) is 5.82 Å². The molecule has 3 aromatic rings. The molecule has 0 radical (unpaired) electrons. The number of amides is 1. The highest BCUT2D eigenvalue weighted by atomic mass is 79.9. The lowest BCUT2D eigenvalue weighted by atomic mass is 10.1. The minimum atomic E-state index is -0.458. The second-order valence-electron chi connectivity index (χ2n) is 6.03. The maximum atomic E-state index is 13.8. The molecule has 0 bridgehead atoms. The van der Waals surface area contributed by atoms with Gasteiger partial charge in [0.15, 0.2) is 0 Å². The molecule has 0 aliphatic rings. The van der Waals surface area contributed by atoms with Crippen LogP contribution in [0.2, 0.25) is 0 Å². The van der Waals surface area contributed by atoms with Gasteiger partial charge in [-0.25, -0.2) is 4.39 Å². The van der Waals surface area contributed by atoms with Crippen molar-refractivity contribution in [3.8, 4) is 0 Å². The Morgan fingerprint density at radius 1 is 1.08 bits per heavy atom. The molecule has 0 heterocycles. The molecule has 0 aromatic heterocycles. The fourth-order valence-electron chi connectivity index (χ4n) is 2.73. The third-order valence-electron chi connectivity index (χ3n) is 3.89. The van der Waals surface area contributed by atoms with Gasteiger partial charge in [-0.2, -0.15) is 0 Å². The zero-order chi connectivity index (χ0) is 17.8. The number of carbonyl (C=O) groups is 1. The molecule has 3 rings (SSSR count). The van der Waals surface area contributed by atoms with Crippen LogP contribution in [0.4, 0.5) is 10.1 Å². The molecule has 25 heavy (non-hydrogen) atoms. The number of carbonyl (C=O) groups excluding carboxylic acids is 1. The topological polar surface area (TPSA) is 32.3 Å². The SMILES string of the molecule is CN(CC(=O)Nc1ccc(Br)cc1F)Cc1ccc2ccccc2c1. The molecular formula is C20H18BrFN2O. The number of halogens is 2. The summed E-state index contributed by atoms with van der Waals surface area (Å²) in [7, 11) is 1.87. The molecule has 0 fully saturated rings. The van der Waals surface area contributed by atoms with Gasteiger partial charge in [0, 0.05) is 11.0 Å². The largest absolute Gasteiger partial charge is 0.322 e. The molecule has 1 N–H and O–H groups in total. The molecule has 0 saturated carbocycles. The fraction of sp³-hybridized carbons (Fsp3) is 0.150. The van der Waals surface area contributed by atoms with E-state index in [2.05, 4.69) is 51.6 Å². The van der Waals surface area contributed by atoms with Crippen LogP contribution in [0.25, 0.3) is 10.8 Å². The van der Waals surface area contributed by atoms with E-state index in [4.69, 9.17) is 0 Å². The van der Waals surface area contributed by atoms with Crippen LogP contribution < -0.4 is 5.32 Å². The lowest BCUT2D eigenvalue weighted by molar-refractivity contribution is -0.117. The number of nitrogens with zero attached hydrogens (tertiary/aromatic N) is 1. The standard InChI is InChI=1S/C20H18BrFN2O/c1-24(12-14-6-7-15-4-2-3-5-16(15)10-14)13-20(25)23-19-9-8-17(21)11-18(19)22/h2-11H,12-13H2,1H3,(H,23,25). The average Bonchev–Trinajstić information content (AvgIpc) is 2.57. The zero-order valence-corrected chi connectivity index (χ0v) is 15.4. The van der Waals surface area contributed by atoms with Crippen molar-refractivity contribution in [3.05, 3.63) is 76.5 Å². The monoisotopic (exact) mass is 400 g/mol. The highest BCUT2D eigenvalue weighted by Crippen LogP contribution is 2.19. The number of nitrogens with one attached hydrogen (secondary N) is 1. The van der Waals surface area contributed by atoms with Crippen molar-refractivity contribution in [2.24, 2.45) is 0 Å². The fourth-order valence-corrected chi connectivity index (χ4v) is 3.06. The first-order valence-electron chi connectivity index (χ1n) is 7.92. The number of fused-ring (bicyclic) bond motifs is 1. The molecule has 0 aliphatic carbocycles. The van der Waals surface area contributed by atoms with Crippen LogP contribution in [0.1, 0.15) is 5.56 Å². The smallest absolute Gasteiger partial charge is 0.238 e. The summed E-state index contributed by atoms with van der Waals surface area (Å²) in [5.41, 5.74) is 1.32. The average molecular weight is 401 g/mol. The lowest BCUT2D eigenvalue weighted by Crippen LogP contribution is -2.30. The summed E-state index contributed by atoms with van der Waals surface area (Å²) in [4.78, 5) is 14.0. The highest BCUT2D eigenvalue weighted by Gasteiger charge is 2.10. The summed E-state index contributed by atoms with van der Waals surface area (Å²) in [6, 6.07) is 19.0. The summed E-state index contributed by atoms with van der Waals surface area (Å²) < 4.78 is 14.4. The third-order valence-corrected chi connectivity index (χ3v) is 4.38. The molecule has 0 atom stereocenters. The van der Waals surface area contributed by atoms with Crippen LogP contribution in [-0.4, -0.2) is 24.4 Å². The van der Waals surface area contributed by atoms with Crippen molar-refractivity contribution in [3.63, 3.8) is 0 Å². The van der Waals surface area contributed by atoms with E-state index in [9.17, 15) is 9.18 Å². The molecule has 3 aromatic carbocycles. The van der Waals surface area contributed by atoms with Crippen LogP contribution in [-0.2, 0) is 11.3 Å². The number of likely N-dealkylation sites (N-methyl/N-ethyl adjacent to an activating group) is 1. The van der Waals surface area contributed by atoms with Gasteiger partial charge in [-0.05, 0) is 47.6 Å². The normalized spacial score (nSPS) is 11.0. The predicted molar refractivity (Wildman–Crippen MR) is 103 cm³/mol. The molecule has 0 aliphatic heterocycles. The van der Waals surface area contributed by atoms with Gasteiger partial charge < -0.3 is 5.32 Å². The van der Waals surface area contributed by atoms with E-state index in [-0.39, 0.29) is 18.1 Å². The minimum absolute atomic E-state index is 0.183. The third kappa shape index (κ3) is 4.65. The zero-order valence-electron chi connectivity index (χ0n) is 13.8. The van der Waals surface area contributed by atoms with E-state index in [0.29, 0.717) is 11.0 Å². The number of anilines is 1. The van der Waals surface area contributed by atoms with Gasteiger partial charge in [-0.15, -0.1) is 0 Å². The van der Waals surface area contributed by atoms with Gasteiger partial charge in [0.2, 0.25) is 5.91 Å². The Labute approximate surface area is 154 Å². The second kappa shape index (κ2) is 7.76. The van der Waals surface area contributed by atoms with Gasteiger partial charge >= 0.3 is 0 Å². The van der Waals surface area contributed by atoms with Crippen molar-refractivity contribution in [2.45, 2.75) is 6.54 Å². The molecule has 1 amide bonds. The van der Waals surface area contributed by atoms with Crippen molar-refractivity contribution in [1.82, 2.24) is 4.90 Å². The van der Waals surface area contributed by atoms with Gasteiger partial charge in [0.25, 0.3) is 0 Å². The van der Waals surface area contributed by atoms with Crippen LogP contribution >= 0.6 is 15.9 Å². The van der Waals surface area contributed by atoms with E-state index < -0.39 is 5.82 Å². The van der Waals surface area contributed by atoms with Crippen molar-refractivity contribution in [2.75, 3.05) is 18.9 Å². The minimum Gasteiger partial charge on any atom is -0.322 e. The lowest BCUT2D eigenvalue weighted by Gasteiger charge is -2.17. The number of benzene rings is 3. The Kier molecular flexibility index (Phi) is 5.46. The molecule has 0 spiro atoms. The first kappa shape index (κ1) is 17.6. The molecule has 5 heteroatoms. The van der Waals surface area contributed by atoms with Crippen LogP contribution in [0.15, 0.2) is 65.1 Å².